The van der Waals surface area contributed by atoms with Gasteiger partial charge in [-0.05, 0) is 12.6 Å². The van der Waals surface area contributed by atoms with Crippen LogP contribution in [-0.2, 0) is 9.59 Å². The summed E-state index contributed by atoms with van der Waals surface area (Å²) in [5.74, 6) is -0.538. The highest BCUT2D eigenvalue weighted by Gasteiger charge is 2.42. The Hall–Kier alpha value is -1.68. The van der Waals surface area contributed by atoms with Crippen LogP contribution in [0.4, 0.5) is 0 Å². The molecule has 0 spiro atoms. The monoisotopic (exact) mass is 260 g/mol. The summed E-state index contributed by atoms with van der Waals surface area (Å²) in [6, 6.07) is 9.84. The molecule has 2 rings (SSSR count). The summed E-state index contributed by atoms with van der Waals surface area (Å²) in [7, 11) is 1.84. The molecule has 1 aliphatic rings. The maximum Gasteiger partial charge on any atom is 0.232 e. The number of carbonyl (C=O) groups is 2. The molecular weight excluding hydrogens is 240 g/mol. The molecule has 1 N–H and O–H groups in total. The van der Waals surface area contributed by atoms with Crippen LogP contribution in [0, 0.1) is 11.8 Å². The van der Waals surface area contributed by atoms with E-state index in [9.17, 15) is 9.59 Å². The van der Waals surface area contributed by atoms with Crippen molar-refractivity contribution in [2.24, 2.45) is 11.8 Å². The van der Waals surface area contributed by atoms with Gasteiger partial charge in [0, 0.05) is 18.4 Å². The Morgan fingerprint density at radius 3 is 2.11 bits per heavy atom. The van der Waals surface area contributed by atoms with Crippen molar-refractivity contribution in [2.75, 3.05) is 13.6 Å². The molecule has 0 aromatic heterocycles. The molecule has 3 unspecified atom stereocenters. The third-order valence-electron chi connectivity index (χ3n) is 3.98. The molecule has 4 heteroatoms. The first-order valence-electron chi connectivity index (χ1n) is 6.63. The first kappa shape index (κ1) is 13.7. The van der Waals surface area contributed by atoms with Crippen LogP contribution in [0.2, 0.25) is 0 Å². The van der Waals surface area contributed by atoms with Gasteiger partial charge in [0.2, 0.25) is 11.8 Å². The van der Waals surface area contributed by atoms with Crippen LogP contribution < -0.4 is 5.32 Å². The zero-order valence-electron chi connectivity index (χ0n) is 11.6. The van der Waals surface area contributed by atoms with Gasteiger partial charge in [-0.15, -0.1) is 0 Å². The number of likely N-dealkylation sites (tertiary alicyclic amines) is 1. The van der Waals surface area contributed by atoms with Gasteiger partial charge in [0.1, 0.15) is 0 Å². The van der Waals surface area contributed by atoms with E-state index in [1.165, 1.54) is 4.90 Å². The number of nitrogens with one attached hydrogen (secondary N) is 1. The Morgan fingerprint density at radius 1 is 1.11 bits per heavy atom. The van der Waals surface area contributed by atoms with Gasteiger partial charge in [-0.2, -0.15) is 0 Å². The lowest BCUT2D eigenvalue weighted by atomic mass is 10.00. The Labute approximate surface area is 113 Å². The SMILES string of the molecule is CNC(CN1C(=O)C(C)C(C)C1=O)c1ccccc1. The second kappa shape index (κ2) is 5.53. The van der Waals surface area contributed by atoms with E-state index in [1.807, 2.05) is 51.2 Å². The summed E-state index contributed by atoms with van der Waals surface area (Å²) >= 11 is 0. The normalized spacial score (nSPS) is 24.9. The van der Waals surface area contributed by atoms with Crippen molar-refractivity contribution in [3.8, 4) is 0 Å². The first-order valence-corrected chi connectivity index (χ1v) is 6.63. The first-order chi connectivity index (χ1) is 9.06. The number of imide groups is 1. The topological polar surface area (TPSA) is 49.4 Å². The number of hydrogen-bond acceptors (Lipinski definition) is 3. The minimum absolute atomic E-state index is 0.0217. The number of hydrogen-bond donors (Lipinski definition) is 1. The number of rotatable bonds is 4. The minimum atomic E-state index is -0.208. The van der Waals surface area contributed by atoms with Crippen molar-refractivity contribution in [3.63, 3.8) is 0 Å². The Kier molecular flexibility index (Phi) is 4.00. The maximum atomic E-state index is 12.1. The average Bonchev–Trinajstić information content (AvgIpc) is 2.62. The zero-order valence-corrected chi connectivity index (χ0v) is 11.6. The molecule has 1 aliphatic heterocycles. The van der Waals surface area contributed by atoms with Gasteiger partial charge >= 0.3 is 0 Å². The third kappa shape index (κ3) is 2.54. The number of benzene rings is 1. The molecule has 1 saturated heterocycles. The van der Waals surface area contributed by atoms with Gasteiger partial charge in [0.05, 0.1) is 6.04 Å². The van der Waals surface area contributed by atoms with Gasteiger partial charge in [0.25, 0.3) is 0 Å². The van der Waals surface area contributed by atoms with Crippen LogP contribution in [0.15, 0.2) is 30.3 Å². The molecule has 0 radical (unpaired) electrons. The smallest absolute Gasteiger partial charge is 0.232 e. The van der Waals surface area contributed by atoms with Crippen LogP contribution in [0.1, 0.15) is 25.5 Å². The molecular formula is C15H20N2O2. The lowest BCUT2D eigenvalue weighted by Crippen LogP contribution is -2.38. The summed E-state index contributed by atoms with van der Waals surface area (Å²) in [4.78, 5) is 25.6. The minimum Gasteiger partial charge on any atom is -0.312 e. The fourth-order valence-corrected chi connectivity index (χ4v) is 2.44. The molecule has 4 nitrogen and oxygen atoms in total. The maximum absolute atomic E-state index is 12.1. The molecule has 102 valence electrons. The number of likely N-dealkylation sites (N-methyl/N-ethyl adjacent to an activating group) is 1. The fraction of sp³-hybridized carbons (Fsp3) is 0.467. The Morgan fingerprint density at radius 2 is 1.63 bits per heavy atom. The highest BCUT2D eigenvalue weighted by molar-refractivity contribution is 6.04. The molecule has 1 fully saturated rings. The molecule has 1 aromatic rings. The van der Waals surface area contributed by atoms with E-state index in [4.69, 9.17) is 0 Å². The number of nitrogens with zero attached hydrogens (tertiary/aromatic N) is 1. The van der Waals surface area contributed by atoms with E-state index in [-0.39, 0.29) is 29.7 Å². The average molecular weight is 260 g/mol. The van der Waals surface area contributed by atoms with Gasteiger partial charge in [0.15, 0.2) is 0 Å². The second-order valence-electron chi connectivity index (χ2n) is 5.12. The van der Waals surface area contributed by atoms with E-state index < -0.39 is 0 Å². The Bertz CT molecular complexity index is 452. The molecule has 2 amide bonds. The standard InChI is InChI=1S/C15H20N2O2/c1-10-11(2)15(19)17(14(10)18)9-13(16-3)12-7-5-4-6-8-12/h4-8,10-11,13,16H,9H2,1-3H3. The van der Waals surface area contributed by atoms with Crippen molar-refractivity contribution in [2.45, 2.75) is 19.9 Å². The van der Waals surface area contributed by atoms with Crippen LogP contribution in [-0.4, -0.2) is 30.3 Å². The van der Waals surface area contributed by atoms with E-state index in [1.54, 1.807) is 0 Å². The highest BCUT2D eigenvalue weighted by atomic mass is 16.2. The summed E-state index contributed by atoms with van der Waals surface area (Å²) in [6.45, 7) is 4.04. The summed E-state index contributed by atoms with van der Waals surface area (Å²) < 4.78 is 0. The molecule has 1 heterocycles. The molecule has 0 aliphatic carbocycles. The van der Waals surface area contributed by atoms with Crippen LogP contribution in [0.25, 0.3) is 0 Å². The van der Waals surface area contributed by atoms with Crippen molar-refractivity contribution in [1.82, 2.24) is 10.2 Å². The predicted molar refractivity (Wildman–Crippen MR) is 73.3 cm³/mol. The summed E-state index contributed by atoms with van der Waals surface area (Å²) in [5.41, 5.74) is 1.08. The summed E-state index contributed by atoms with van der Waals surface area (Å²) in [6.07, 6.45) is 0. The molecule has 19 heavy (non-hydrogen) atoms. The third-order valence-corrected chi connectivity index (χ3v) is 3.98. The van der Waals surface area contributed by atoms with Crippen LogP contribution >= 0.6 is 0 Å². The molecule has 3 atom stereocenters. The number of carbonyl (C=O) groups excluding carboxylic acids is 2. The largest absolute Gasteiger partial charge is 0.312 e. The van der Waals surface area contributed by atoms with Gasteiger partial charge in [-0.1, -0.05) is 44.2 Å². The highest BCUT2D eigenvalue weighted by Crippen LogP contribution is 2.27. The van der Waals surface area contributed by atoms with E-state index in [0.29, 0.717) is 6.54 Å². The fourth-order valence-electron chi connectivity index (χ4n) is 2.44. The predicted octanol–water partition coefficient (Wildman–Crippen LogP) is 1.59. The zero-order chi connectivity index (χ0) is 14.0. The lowest BCUT2D eigenvalue weighted by Gasteiger charge is -2.23. The van der Waals surface area contributed by atoms with Crippen molar-refractivity contribution in [1.29, 1.82) is 0 Å². The summed E-state index contributed by atoms with van der Waals surface area (Å²) in [5, 5.41) is 3.17. The quantitative estimate of drug-likeness (QED) is 0.836. The number of amides is 2. The molecule has 1 aromatic carbocycles. The van der Waals surface area contributed by atoms with Gasteiger partial charge in [-0.3, -0.25) is 14.5 Å². The molecule has 0 saturated carbocycles. The van der Waals surface area contributed by atoms with E-state index in [2.05, 4.69) is 5.32 Å². The van der Waals surface area contributed by atoms with Crippen molar-refractivity contribution >= 4 is 11.8 Å². The van der Waals surface area contributed by atoms with Crippen LogP contribution in [0.3, 0.4) is 0 Å². The van der Waals surface area contributed by atoms with E-state index in [0.717, 1.165) is 5.56 Å². The van der Waals surface area contributed by atoms with E-state index >= 15 is 0 Å². The lowest BCUT2D eigenvalue weighted by molar-refractivity contribution is -0.140. The van der Waals surface area contributed by atoms with Gasteiger partial charge in [-0.25, -0.2) is 0 Å². The Balaban J connectivity index is 2.16. The van der Waals surface area contributed by atoms with Crippen molar-refractivity contribution < 1.29 is 9.59 Å². The molecule has 0 bridgehead atoms. The second-order valence-corrected chi connectivity index (χ2v) is 5.12. The van der Waals surface area contributed by atoms with Crippen LogP contribution in [0.5, 0.6) is 0 Å². The van der Waals surface area contributed by atoms with Gasteiger partial charge < -0.3 is 5.32 Å². The van der Waals surface area contributed by atoms with Crippen molar-refractivity contribution in [3.05, 3.63) is 35.9 Å².